The van der Waals surface area contributed by atoms with Crippen molar-refractivity contribution in [2.45, 2.75) is 38.5 Å². The number of anilines is 2. The van der Waals surface area contributed by atoms with Gasteiger partial charge in [0.1, 0.15) is 0 Å². The first-order chi connectivity index (χ1) is 8.75. The van der Waals surface area contributed by atoms with Crippen LogP contribution in [0.4, 0.5) is 11.4 Å². The van der Waals surface area contributed by atoms with Crippen LogP contribution >= 0.6 is 0 Å². The van der Waals surface area contributed by atoms with Crippen molar-refractivity contribution in [1.82, 2.24) is 0 Å². The van der Waals surface area contributed by atoms with Gasteiger partial charge in [0, 0.05) is 6.54 Å². The lowest BCUT2D eigenvalue weighted by atomic mass is 9.89. The van der Waals surface area contributed by atoms with Gasteiger partial charge >= 0.3 is 0 Å². The Morgan fingerprint density at radius 3 is 2.78 bits per heavy atom. The number of nitrogens with two attached hydrogens (primary N) is 1. The number of rotatable bonds is 2. The van der Waals surface area contributed by atoms with Crippen molar-refractivity contribution in [3.63, 3.8) is 0 Å². The molecule has 1 saturated carbocycles. The van der Waals surface area contributed by atoms with Gasteiger partial charge in [-0.3, -0.25) is 4.79 Å². The minimum absolute atomic E-state index is 0.216. The summed E-state index contributed by atoms with van der Waals surface area (Å²) < 4.78 is 0. The van der Waals surface area contributed by atoms with Crippen LogP contribution in [-0.4, -0.2) is 12.5 Å². The molecule has 1 heterocycles. The van der Waals surface area contributed by atoms with Crippen LogP contribution in [0.15, 0.2) is 18.2 Å². The molecule has 18 heavy (non-hydrogen) atoms. The number of benzene rings is 1. The number of nitrogens with zero attached hydrogens (tertiary/aromatic N) is 1. The van der Waals surface area contributed by atoms with Crippen molar-refractivity contribution in [3.8, 4) is 0 Å². The molecule has 3 rings (SSSR count). The van der Waals surface area contributed by atoms with Crippen molar-refractivity contribution in [2.24, 2.45) is 5.92 Å². The van der Waals surface area contributed by atoms with Gasteiger partial charge in [-0.1, -0.05) is 31.4 Å². The standard InChI is InChI=1S/C15H20N2O/c16-13-8-4-7-12-9-14(18)17(15(12)13)10-11-5-2-1-3-6-11/h4,7-8,11H,1-3,5-6,9-10,16H2. The van der Waals surface area contributed by atoms with E-state index in [4.69, 9.17) is 5.73 Å². The zero-order valence-corrected chi connectivity index (χ0v) is 10.7. The average molecular weight is 244 g/mol. The van der Waals surface area contributed by atoms with Crippen LogP contribution in [0.1, 0.15) is 37.7 Å². The van der Waals surface area contributed by atoms with Crippen LogP contribution in [0.3, 0.4) is 0 Å². The first kappa shape index (κ1) is 11.6. The highest BCUT2D eigenvalue weighted by atomic mass is 16.2. The largest absolute Gasteiger partial charge is 0.397 e. The predicted octanol–water partition coefficient (Wildman–Crippen LogP) is 2.74. The number of carbonyl (C=O) groups excluding carboxylic acids is 1. The first-order valence-corrected chi connectivity index (χ1v) is 6.93. The Morgan fingerprint density at radius 2 is 2.00 bits per heavy atom. The third-order valence-corrected chi connectivity index (χ3v) is 4.23. The molecule has 2 aliphatic rings. The van der Waals surface area contributed by atoms with Gasteiger partial charge in [-0.15, -0.1) is 0 Å². The van der Waals surface area contributed by atoms with E-state index < -0.39 is 0 Å². The molecule has 0 aromatic heterocycles. The van der Waals surface area contributed by atoms with Gasteiger partial charge in [-0.2, -0.15) is 0 Å². The number of nitrogen functional groups attached to an aromatic ring is 1. The van der Waals surface area contributed by atoms with Crippen LogP contribution in [0, 0.1) is 5.92 Å². The summed E-state index contributed by atoms with van der Waals surface area (Å²) in [6.07, 6.45) is 7.00. The van der Waals surface area contributed by atoms with Gasteiger partial charge in [0.2, 0.25) is 5.91 Å². The molecular weight excluding hydrogens is 224 g/mol. The summed E-state index contributed by atoms with van der Waals surface area (Å²) in [4.78, 5) is 14.1. The molecule has 3 heteroatoms. The zero-order chi connectivity index (χ0) is 12.5. The highest BCUT2D eigenvalue weighted by molar-refractivity contribution is 6.04. The number of hydrogen-bond donors (Lipinski definition) is 1. The molecule has 1 fully saturated rings. The van der Waals surface area contributed by atoms with Crippen LogP contribution in [0.2, 0.25) is 0 Å². The minimum Gasteiger partial charge on any atom is -0.397 e. The Bertz CT molecular complexity index is 464. The van der Waals surface area contributed by atoms with Gasteiger partial charge in [-0.05, 0) is 30.4 Å². The third kappa shape index (κ3) is 1.98. The first-order valence-electron chi connectivity index (χ1n) is 6.93. The van der Waals surface area contributed by atoms with Crippen LogP contribution in [0.25, 0.3) is 0 Å². The fourth-order valence-electron chi connectivity index (χ4n) is 3.29. The Balaban J connectivity index is 1.82. The molecule has 0 bridgehead atoms. The Hall–Kier alpha value is -1.51. The van der Waals surface area contributed by atoms with E-state index in [0.29, 0.717) is 12.3 Å². The van der Waals surface area contributed by atoms with Gasteiger partial charge in [-0.25, -0.2) is 0 Å². The molecule has 0 radical (unpaired) electrons. The van der Waals surface area contributed by atoms with Crippen LogP contribution < -0.4 is 10.6 Å². The molecule has 1 aliphatic carbocycles. The quantitative estimate of drug-likeness (QED) is 0.813. The van der Waals surface area contributed by atoms with E-state index in [1.165, 1.54) is 32.1 Å². The number of carbonyl (C=O) groups is 1. The van der Waals surface area contributed by atoms with Crippen molar-refractivity contribution in [3.05, 3.63) is 23.8 Å². The number of hydrogen-bond acceptors (Lipinski definition) is 2. The number of fused-ring (bicyclic) bond motifs is 1. The lowest BCUT2D eigenvalue weighted by Gasteiger charge is -2.27. The molecule has 1 aromatic rings. The number of para-hydroxylation sites is 1. The normalized spacial score (nSPS) is 20.2. The molecule has 3 nitrogen and oxygen atoms in total. The second kappa shape index (κ2) is 4.63. The van der Waals surface area contributed by atoms with Crippen LogP contribution in [-0.2, 0) is 11.2 Å². The second-order valence-corrected chi connectivity index (χ2v) is 5.54. The van der Waals surface area contributed by atoms with E-state index in [9.17, 15) is 4.79 Å². The molecule has 0 unspecified atom stereocenters. The summed E-state index contributed by atoms with van der Waals surface area (Å²) in [5.41, 5.74) is 8.85. The highest BCUT2D eigenvalue weighted by Crippen LogP contribution is 2.36. The van der Waals surface area contributed by atoms with E-state index in [0.717, 1.165) is 23.5 Å². The van der Waals surface area contributed by atoms with E-state index >= 15 is 0 Å². The molecule has 1 aliphatic heterocycles. The van der Waals surface area contributed by atoms with E-state index in [2.05, 4.69) is 0 Å². The molecule has 96 valence electrons. The Labute approximate surface area is 108 Å². The van der Waals surface area contributed by atoms with Gasteiger partial charge in [0.05, 0.1) is 17.8 Å². The van der Waals surface area contributed by atoms with Crippen molar-refractivity contribution < 1.29 is 4.79 Å². The molecule has 0 atom stereocenters. The lowest BCUT2D eigenvalue weighted by molar-refractivity contribution is -0.117. The summed E-state index contributed by atoms with van der Waals surface area (Å²) in [6.45, 7) is 0.861. The molecule has 1 amide bonds. The molecule has 0 spiro atoms. The van der Waals surface area contributed by atoms with E-state index in [-0.39, 0.29) is 5.91 Å². The summed E-state index contributed by atoms with van der Waals surface area (Å²) in [5.74, 6) is 0.877. The lowest BCUT2D eigenvalue weighted by Crippen LogP contribution is -2.33. The topological polar surface area (TPSA) is 46.3 Å². The van der Waals surface area contributed by atoms with Crippen molar-refractivity contribution in [2.75, 3.05) is 17.2 Å². The highest BCUT2D eigenvalue weighted by Gasteiger charge is 2.31. The maximum atomic E-state index is 12.1. The SMILES string of the molecule is Nc1cccc2c1N(CC1CCCCC1)C(=O)C2. The van der Waals surface area contributed by atoms with Crippen molar-refractivity contribution >= 4 is 17.3 Å². The maximum absolute atomic E-state index is 12.1. The van der Waals surface area contributed by atoms with Crippen LogP contribution in [0.5, 0.6) is 0 Å². The second-order valence-electron chi connectivity index (χ2n) is 5.54. The Kier molecular flexibility index (Phi) is 2.98. The molecule has 0 saturated heterocycles. The molecule has 2 N–H and O–H groups in total. The van der Waals surface area contributed by atoms with Gasteiger partial charge in [0.15, 0.2) is 0 Å². The zero-order valence-electron chi connectivity index (χ0n) is 10.7. The third-order valence-electron chi connectivity index (χ3n) is 4.23. The summed E-state index contributed by atoms with van der Waals surface area (Å²) in [6, 6.07) is 5.85. The van der Waals surface area contributed by atoms with E-state index in [1.807, 2.05) is 23.1 Å². The van der Waals surface area contributed by atoms with Gasteiger partial charge < -0.3 is 10.6 Å². The summed E-state index contributed by atoms with van der Waals surface area (Å²) >= 11 is 0. The Morgan fingerprint density at radius 1 is 1.22 bits per heavy atom. The fourth-order valence-corrected chi connectivity index (χ4v) is 3.29. The van der Waals surface area contributed by atoms with Gasteiger partial charge in [0.25, 0.3) is 0 Å². The monoisotopic (exact) mass is 244 g/mol. The fraction of sp³-hybridized carbons (Fsp3) is 0.533. The molecule has 1 aromatic carbocycles. The average Bonchev–Trinajstić information content (AvgIpc) is 2.69. The van der Waals surface area contributed by atoms with Crippen molar-refractivity contribution in [1.29, 1.82) is 0 Å². The minimum atomic E-state index is 0.216. The number of amides is 1. The molecular formula is C15H20N2O. The maximum Gasteiger partial charge on any atom is 0.231 e. The smallest absolute Gasteiger partial charge is 0.231 e. The summed E-state index contributed by atoms with van der Waals surface area (Å²) in [5, 5.41) is 0. The summed E-state index contributed by atoms with van der Waals surface area (Å²) in [7, 11) is 0. The van der Waals surface area contributed by atoms with E-state index in [1.54, 1.807) is 0 Å². The predicted molar refractivity (Wildman–Crippen MR) is 73.5 cm³/mol.